The molecule has 0 spiro atoms. The van der Waals surface area contributed by atoms with Gasteiger partial charge in [-0.1, -0.05) is 28.2 Å². The van der Waals surface area contributed by atoms with E-state index < -0.39 is 0 Å². The maximum atomic E-state index is 2.66. The highest BCUT2D eigenvalue weighted by molar-refractivity contribution is 7.16. The zero-order chi connectivity index (χ0) is 3.41. The Morgan fingerprint density at radius 2 is 1.50 bits per heavy atom. The lowest BCUT2D eigenvalue weighted by Crippen LogP contribution is -1.54. The Labute approximate surface area is 44.5 Å². The minimum atomic E-state index is 0. The van der Waals surface area contributed by atoms with Gasteiger partial charge >= 0.3 is 0 Å². The van der Waals surface area contributed by atoms with E-state index in [2.05, 4.69) is 16.2 Å². The van der Waals surface area contributed by atoms with Crippen LogP contribution in [0, 0.1) is 0 Å². The van der Waals surface area contributed by atoms with Gasteiger partial charge in [-0.3, -0.25) is 0 Å². The van der Waals surface area contributed by atoms with Crippen LogP contribution in [0.4, 0.5) is 0 Å². The lowest BCUT2D eigenvalue weighted by atomic mass is 10.6. The van der Waals surface area contributed by atoms with Gasteiger partial charge < -0.3 is 0 Å². The van der Waals surface area contributed by atoms with Crippen LogP contribution in [-0.2, 0) is 0 Å². The zero-order valence-corrected chi connectivity index (χ0v) is 4.15. The first-order valence-electron chi connectivity index (χ1n) is 1.62. The van der Waals surface area contributed by atoms with Crippen LogP contribution in [0.25, 0.3) is 0 Å². The van der Waals surface area contributed by atoms with Crippen LogP contribution in [0.15, 0.2) is 0 Å². The molecule has 0 aliphatic heterocycles. The van der Waals surface area contributed by atoms with E-state index in [9.17, 15) is 0 Å². The smallest absolute Gasteiger partial charge is 0.0384 e. The van der Waals surface area contributed by atoms with Crippen molar-refractivity contribution in [3.8, 4) is 0 Å². The Kier molecular flexibility index (Phi) is 48.5. The van der Waals surface area contributed by atoms with Gasteiger partial charge in [0.05, 0.1) is 0 Å². The molecule has 0 fully saturated rings. The standard InChI is InChI=1S/C3H9P.2CH4/c1-2-3-4;;/h2-4H2,1H3;2*1H4. The first-order valence-corrected chi connectivity index (χ1v) is 2.43. The molecule has 0 heterocycles. The van der Waals surface area contributed by atoms with Gasteiger partial charge in [0.1, 0.15) is 0 Å². The molecule has 1 heteroatoms. The van der Waals surface area contributed by atoms with E-state index >= 15 is 0 Å². The number of hydrogen-bond donors (Lipinski definition) is 0. The van der Waals surface area contributed by atoms with Gasteiger partial charge in [-0.15, -0.1) is 9.24 Å². The number of rotatable bonds is 1. The summed E-state index contributed by atoms with van der Waals surface area (Å²) in [6, 6.07) is 0. The van der Waals surface area contributed by atoms with E-state index in [0.717, 1.165) is 0 Å². The third kappa shape index (κ3) is 25.5. The van der Waals surface area contributed by atoms with E-state index in [1.54, 1.807) is 0 Å². The summed E-state index contributed by atoms with van der Waals surface area (Å²) >= 11 is 0. The Hall–Kier alpha value is 0.430. The first kappa shape index (κ1) is 16.1. The van der Waals surface area contributed by atoms with E-state index in [0.29, 0.717) is 0 Å². The Balaban J connectivity index is -0.0000000450. The summed E-state index contributed by atoms with van der Waals surface area (Å²) < 4.78 is 0. The van der Waals surface area contributed by atoms with Gasteiger partial charge in [0, 0.05) is 0 Å². The maximum Gasteiger partial charge on any atom is -0.0384 e. The van der Waals surface area contributed by atoms with Crippen LogP contribution >= 0.6 is 9.24 Å². The molecular formula is C5H17P. The lowest BCUT2D eigenvalue weighted by molar-refractivity contribution is 1.11. The van der Waals surface area contributed by atoms with Crippen LogP contribution in [0.2, 0.25) is 0 Å². The molecule has 0 nitrogen and oxygen atoms in total. The molecular weight excluding hydrogens is 91.0 g/mol. The van der Waals surface area contributed by atoms with Crippen molar-refractivity contribution < 1.29 is 0 Å². The van der Waals surface area contributed by atoms with Crippen molar-refractivity contribution in [1.82, 2.24) is 0 Å². The summed E-state index contributed by atoms with van der Waals surface area (Å²) in [5, 5.41) is 0. The molecule has 6 heavy (non-hydrogen) atoms. The first-order chi connectivity index (χ1) is 1.91. The molecule has 42 valence electrons. The molecule has 0 radical (unpaired) electrons. The van der Waals surface area contributed by atoms with E-state index in [4.69, 9.17) is 0 Å². The fraction of sp³-hybridized carbons (Fsp3) is 1.00. The van der Waals surface area contributed by atoms with Crippen molar-refractivity contribution in [2.24, 2.45) is 0 Å². The monoisotopic (exact) mass is 108 g/mol. The van der Waals surface area contributed by atoms with Crippen molar-refractivity contribution in [3.05, 3.63) is 0 Å². The topological polar surface area (TPSA) is 0 Å². The van der Waals surface area contributed by atoms with E-state index in [1.165, 1.54) is 12.6 Å². The largest absolute Gasteiger partial charge is 0.138 e. The van der Waals surface area contributed by atoms with Gasteiger partial charge in [-0.25, -0.2) is 0 Å². The minimum Gasteiger partial charge on any atom is -0.138 e. The highest BCUT2D eigenvalue weighted by Gasteiger charge is 1.56. The molecule has 0 amide bonds. The summed E-state index contributed by atoms with van der Waals surface area (Å²) in [6.07, 6.45) is 2.52. The SMILES string of the molecule is C.C.CCCP. The second kappa shape index (κ2) is 18.0. The summed E-state index contributed by atoms with van der Waals surface area (Å²) in [5.74, 6) is 0. The highest BCUT2D eigenvalue weighted by atomic mass is 31.0. The Bertz CT molecular complexity index is 5.90. The summed E-state index contributed by atoms with van der Waals surface area (Å²) in [7, 11) is 2.66. The Morgan fingerprint density at radius 1 is 1.33 bits per heavy atom. The van der Waals surface area contributed by atoms with Crippen LogP contribution < -0.4 is 0 Å². The quantitative estimate of drug-likeness (QED) is 0.453. The van der Waals surface area contributed by atoms with Crippen molar-refractivity contribution in [1.29, 1.82) is 0 Å². The molecule has 0 aromatic rings. The molecule has 1 atom stereocenters. The van der Waals surface area contributed by atoms with Gasteiger partial charge in [-0.05, 0) is 6.16 Å². The van der Waals surface area contributed by atoms with Crippen molar-refractivity contribution >= 4 is 9.24 Å². The normalized spacial score (nSPS) is 5.00. The molecule has 0 aromatic heterocycles. The van der Waals surface area contributed by atoms with Crippen molar-refractivity contribution in [2.75, 3.05) is 6.16 Å². The second-order valence-electron chi connectivity index (χ2n) is 0.789. The summed E-state index contributed by atoms with van der Waals surface area (Å²) in [6.45, 7) is 2.16. The average molecular weight is 108 g/mol. The van der Waals surface area contributed by atoms with Crippen LogP contribution in [0.1, 0.15) is 28.2 Å². The lowest BCUT2D eigenvalue weighted by Gasteiger charge is -1.68. The molecule has 0 aliphatic rings. The van der Waals surface area contributed by atoms with Crippen LogP contribution in [-0.4, -0.2) is 6.16 Å². The highest BCUT2D eigenvalue weighted by Crippen LogP contribution is 1.80. The van der Waals surface area contributed by atoms with E-state index in [-0.39, 0.29) is 14.9 Å². The Morgan fingerprint density at radius 3 is 1.50 bits per heavy atom. The molecule has 0 aliphatic carbocycles. The predicted octanol–water partition coefficient (Wildman–Crippen LogP) is 2.54. The fourth-order valence-electron chi connectivity index (χ4n) is 0. The maximum absolute atomic E-state index is 2.66. The molecule has 0 saturated heterocycles. The van der Waals surface area contributed by atoms with Crippen LogP contribution in [0.3, 0.4) is 0 Å². The third-order valence-electron chi connectivity index (χ3n) is 0.289. The van der Waals surface area contributed by atoms with Crippen molar-refractivity contribution in [2.45, 2.75) is 28.2 Å². The average Bonchev–Trinajstić information content (AvgIpc) is 1.37. The van der Waals surface area contributed by atoms with Gasteiger partial charge in [0.25, 0.3) is 0 Å². The second-order valence-corrected chi connectivity index (χ2v) is 1.37. The predicted molar refractivity (Wildman–Crippen MR) is 38.3 cm³/mol. The molecule has 1 unspecified atom stereocenters. The summed E-state index contributed by atoms with van der Waals surface area (Å²) in [4.78, 5) is 0. The number of hydrogen-bond acceptors (Lipinski definition) is 0. The van der Waals surface area contributed by atoms with E-state index in [1.807, 2.05) is 0 Å². The summed E-state index contributed by atoms with van der Waals surface area (Å²) in [5.41, 5.74) is 0. The third-order valence-corrected chi connectivity index (χ3v) is 0.866. The van der Waals surface area contributed by atoms with Gasteiger partial charge in [0.15, 0.2) is 0 Å². The molecule has 0 aromatic carbocycles. The minimum absolute atomic E-state index is 0. The van der Waals surface area contributed by atoms with Crippen LogP contribution in [0.5, 0.6) is 0 Å². The molecule has 0 saturated carbocycles. The zero-order valence-electron chi connectivity index (χ0n) is 2.99. The van der Waals surface area contributed by atoms with Crippen molar-refractivity contribution in [3.63, 3.8) is 0 Å². The van der Waals surface area contributed by atoms with Gasteiger partial charge in [0.2, 0.25) is 0 Å². The molecule has 0 rings (SSSR count). The molecule has 0 bridgehead atoms. The molecule has 0 N–H and O–H groups in total. The fourth-order valence-corrected chi connectivity index (χ4v) is 0. The van der Waals surface area contributed by atoms with Gasteiger partial charge in [-0.2, -0.15) is 0 Å².